The Bertz CT molecular complexity index is 1170. The van der Waals surface area contributed by atoms with Crippen molar-refractivity contribution >= 4 is 17.6 Å². The molecule has 0 aromatic heterocycles. The molecule has 0 saturated carbocycles. The van der Waals surface area contributed by atoms with Gasteiger partial charge in [0.1, 0.15) is 5.75 Å². The minimum atomic E-state index is -0.531. The summed E-state index contributed by atoms with van der Waals surface area (Å²) in [6.45, 7) is 3.79. The Balaban J connectivity index is 1.50. The lowest BCUT2D eigenvalue weighted by Crippen LogP contribution is -2.31. The maximum Gasteiger partial charge on any atom is 0.338 e. The van der Waals surface area contributed by atoms with E-state index in [0.717, 1.165) is 28.2 Å². The van der Waals surface area contributed by atoms with Crippen LogP contribution in [0.25, 0.3) is 0 Å². The van der Waals surface area contributed by atoms with Crippen molar-refractivity contribution < 1.29 is 19.1 Å². The van der Waals surface area contributed by atoms with Crippen LogP contribution in [0, 0.1) is 0 Å². The van der Waals surface area contributed by atoms with E-state index in [1.54, 1.807) is 19.2 Å². The van der Waals surface area contributed by atoms with Gasteiger partial charge >= 0.3 is 5.97 Å². The predicted molar refractivity (Wildman–Crippen MR) is 131 cm³/mol. The molecule has 1 aliphatic heterocycles. The monoisotopic (exact) mass is 456 g/mol. The van der Waals surface area contributed by atoms with Crippen molar-refractivity contribution in [2.45, 2.75) is 32.2 Å². The Morgan fingerprint density at radius 1 is 0.971 bits per heavy atom. The van der Waals surface area contributed by atoms with Crippen molar-refractivity contribution in [3.8, 4) is 5.75 Å². The molecule has 0 bridgehead atoms. The first-order valence-electron chi connectivity index (χ1n) is 11.3. The molecular formula is C28H28N2O4. The number of methoxy groups -OCH3 is 1. The molecule has 1 atom stereocenters. The van der Waals surface area contributed by atoms with Gasteiger partial charge < -0.3 is 9.47 Å². The van der Waals surface area contributed by atoms with E-state index in [9.17, 15) is 9.59 Å². The van der Waals surface area contributed by atoms with Crippen LogP contribution < -0.4 is 4.74 Å². The number of carbonyl (C=O) groups is 2. The lowest BCUT2D eigenvalue weighted by Gasteiger charge is -2.22. The van der Waals surface area contributed by atoms with Gasteiger partial charge in [0.25, 0.3) is 5.91 Å². The van der Waals surface area contributed by atoms with E-state index in [-0.39, 0.29) is 18.6 Å². The number of rotatable bonds is 7. The van der Waals surface area contributed by atoms with Gasteiger partial charge in [-0.1, -0.05) is 68.4 Å². The minimum absolute atomic E-state index is 0.294. The van der Waals surface area contributed by atoms with Crippen LogP contribution in [0.2, 0.25) is 0 Å². The first kappa shape index (κ1) is 23.2. The lowest BCUT2D eigenvalue weighted by molar-refractivity contribution is -0.136. The third-order valence-electron chi connectivity index (χ3n) is 5.91. The second-order valence-corrected chi connectivity index (χ2v) is 8.50. The zero-order valence-electron chi connectivity index (χ0n) is 19.6. The first-order valence-corrected chi connectivity index (χ1v) is 11.3. The number of ether oxygens (including phenoxy) is 2. The topological polar surface area (TPSA) is 68.2 Å². The number of amides is 1. The molecule has 1 unspecified atom stereocenters. The quantitative estimate of drug-likeness (QED) is 0.449. The highest BCUT2D eigenvalue weighted by Crippen LogP contribution is 2.33. The van der Waals surface area contributed by atoms with Gasteiger partial charge in [-0.25, -0.2) is 9.80 Å². The van der Waals surface area contributed by atoms with Gasteiger partial charge in [0.05, 0.1) is 24.4 Å². The Labute approximate surface area is 199 Å². The number of benzene rings is 3. The van der Waals surface area contributed by atoms with Gasteiger partial charge in [0.2, 0.25) is 0 Å². The van der Waals surface area contributed by atoms with Gasteiger partial charge in [-0.2, -0.15) is 5.10 Å². The summed E-state index contributed by atoms with van der Waals surface area (Å²) < 4.78 is 10.6. The van der Waals surface area contributed by atoms with E-state index < -0.39 is 5.97 Å². The number of nitrogens with zero attached hydrogens (tertiary/aromatic N) is 2. The number of carbonyl (C=O) groups excluding carboxylic acids is 2. The minimum Gasteiger partial charge on any atom is -0.497 e. The highest BCUT2D eigenvalue weighted by atomic mass is 16.5. The van der Waals surface area contributed by atoms with Gasteiger partial charge in [-0.3, -0.25) is 4.79 Å². The predicted octanol–water partition coefficient (Wildman–Crippen LogP) is 5.35. The summed E-state index contributed by atoms with van der Waals surface area (Å²) >= 11 is 0. The summed E-state index contributed by atoms with van der Waals surface area (Å²) in [4.78, 5) is 25.6. The van der Waals surface area contributed by atoms with Crippen LogP contribution in [0.3, 0.4) is 0 Å². The average molecular weight is 457 g/mol. The van der Waals surface area contributed by atoms with E-state index in [0.29, 0.717) is 17.9 Å². The molecule has 0 radical (unpaired) electrons. The van der Waals surface area contributed by atoms with Crippen LogP contribution in [0.15, 0.2) is 84.0 Å². The Hall–Kier alpha value is -3.93. The Kier molecular flexibility index (Phi) is 7.07. The molecule has 1 amide bonds. The zero-order valence-corrected chi connectivity index (χ0v) is 19.6. The van der Waals surface area contributed by atoms with Crippen molar-refractivity contribution in [2.75, 3.05) is 13.7 Å². The SMILES string of the molecule is COc1ccc(C2CC(c3ccccc3)=NN2C(=O)COC(=O)c2ccc(C(C)C)cc2)cc1. The maximum absolute atomic E-state index is 13.1. The molecule has 0 spiro atoms. The molecule has 1 aliphatic rings. The lowest BCUT2D eigenvalue weighted by atomic mass is 9.98. The number of hydrogen-bond acceptors (Lipinski definition) is 5. The van der Waals surface area contributed by atoms with Crippen LogP contribution >= 0.6 is 0 Å². The smallest absolute Gasteiger partial charge is 0.338 e. The number of hydrazone groups is 1. The second-order valence-electron chi connectivity index (χ2n) is 8.50. The van der Waals surface area contributed by atoms with Crippen LogP contribution in [-0.4, -0.2) is 36.3 Å². The fraction of sp³-hybridized carbons (Fsp3) is 0.250. The van der Waals surface area contributed by atoms with Gasteiger partial charge in [-0.15, -0.1) is 0 Å². The molecule has 6 heteroatoms. The molecule has 0 saturated heterocycles. The van der Waals surface area contributed by atoms with Crippen molar-refractivity contribution in [1.29, 1.82) is 0 Å². The molecular weight excluding hydrogens is 428 g/mol. The summed E-state index contributed by atoms with van der Waals surface area (Å²) in [7, 11) is 1.61. The summed E-state index contributed by atoms with van der Waals surface area (Å²) in [5.74, 6) is 0.199. The summed E-state index contributed by atoms with van der Waals surface area (Å²) in [5, 5.41) is 6.05. The molecule has 0 N–H and O–H groups in total. The summed E-state index contributed by atoms with van der Waals surface area (Å²) in [6, 6.07) is 24.3. The third kappa shape index (κ3) is 5.17. The maximum atomic E-state index is 13.1. The average Bonchev–Trinajstić information content (AvgIpc) is 3.33. The van der Waals surface area contributed by atoms with E-state index in [1.165, 1.54) is 5.01 Å². The molecule has 174 valence electrons. The summed E-state index contributed by atoms with van der Waals surface area (Å²) in [6.07, 6.45) is 0.562. The summed E-state index contributed by atoms with van der Waals surface area (Å²) in [5.41, 5.74) is 4.25. The molecule has 3 aromatic rings. The Morgan fingerprint density at radius 3 is 2.26 bits per heavy atom. The van der Waals surface area contributed by atoms with Crippen LogP contribution in [0.5, 0.6) is 5.75 Å². The van der Waals surface area contributed by atoms with Crippen molar-refractivity contribution in [2.24, 2.45) is 5.10 Å². The molecule has 6 nitrogen and oxygen atoms in total. The highest BCUT2D eigenvalue weighted by Gasteiger charge is 2.33. The third-order valence-corrected chi connectivity index (χ3v) is 5.91. The largest absolute Gasteiger partial charge is 0.497 e. The highest BCUT2D eigenvalue weighted by molar-refractivity contribution is 6.03. The molecule has 0 fully saturated rings. The van der Waals surface area contributed by atoms with Crippen molar-refractivity contribution in [1.82, 2.24) is 5.01 Å². The van der Waals surface area contributed by atoms with Crippen molar-refractivity contribution in [3.05, 3.63) is 101 Å². The van der Waals surface area contributed by atoms with E-state index in [1.807, 2.05) is 66.7 Å². The van der Waals surface area contributed by atoms with Gasteiger partial charge in [-0.05, 0) is 46.9 Å². The second kappa shape index (κ2) is 10.3. The molecule has 34 heavy (non-hydrogen) atoms. The van der Waals surface area contributed by atoms with Gasteiger partial charge in [0, 0.05) is 6.42 Å². The van der Waals surface area contributed by atoms with Crippen molar-refractivity contribution in [3.63, 3.8) is 0 Å². The molecule has 0 aliphatic carbocycles. The van der Waals surface area contributed by atoms with Crippen LogP contribution in [0.4, 0.5) is 0 Å². The van der Waals surface area contributed by atoms with Crippen LogP contribution in [-0.2, 0) is 9.53 Å². The zero-order chi connectivity index (χ0) is 24.1. The fourth-order valence-corrected chi connectivity index (χ4v) is 3.91. The molecule has 4 rings (SSSR count). The first-order chi connectivity index (χ1) is 16.5. The van der Waals surface area contributed by atoms with Gasteiger partial charge in [0.15, 0.2) is 6.61 Å². The fourth-order valence-electron chi connectivity index (χ4n) is 3.91. The van der Waals surface area contributed by atoms with E-state index in [2.05, 4.69) is 18.9 Å². The van der Waals surface area contributed by atoms with E-state index in [4.69, 9.17) is 9.47 Å². The molecule has 3 aromatic carbocycles. The Morgan fingerprint density at radius 2 is 1.65 bits per heavy atom. The standard InChI is InChI=1S/C28H28N2O4/c1-19(2)20-9-11-23(12-10-20)28(32)34-18-27(31)30-26(22-13-15-24(33-3)16-14-22)17-25(29-30)21-7-5-4-6-8-21/h4-16,19,26H,17-18H2,1-3H3. The number of hydrogen-bond donors (Lipinski definition) is 0. The van der Waals surface area contributed by atoms with E-state index >= 15 is 0 Å². The normalized spacial score (nSPS) is 15.2. The molecule has 1 heterocycles. The van der Waals surface area contributed by atoms with Crippen LogP contribution in [0.1, 0.15) is 59.3 Å². The number of esters is 1.